The highest BCUT2D eigenvalue weighted by molar-refractivity contribution is 5.97. The van der Waals surface area contributed by atoms with Gasteiger partial charge in [-0.25, -0.2) is 19.2 Å². The lowest BCUT2D eigenvalue weighted by atomic mass is 10.0. The van der Waals surface area contributed by atoms with Crippen molar-refractivity contribution >= 4 is 23.9 Å². The smallest absolute Gasteiger partial charge is 0.347 e. The van der Waals surface area contributed by atoms with Crippen LogP contribution in [-0.4, -0.2) is 72.6 Å². The molecule has 6 rings (SSSR count). The highest BCUT2D eigenvalue weighted by atomic mass is 16.6. The third kappa shape index (κ3) is 12.6. The van der Waals surface area contributed by atoms with Crippen molar-refractivity contribution in [2.24, 2.45) is 0 Å². The average molecular weight is 943 g/mol. The Morgan fingerprint density at radius 1 is 0.377 bits per heavy atom. The van der Waals surface area contributed by atoms with Crippen LogP contribution in [-0.2, 0) is 0 Å². The van der Waals surface area contributed by atoms with E-state index in [-0.39, 0.29) is 51.0 Å². The van der Waals surface area contributed by atoms with Gasteiger partial charge in [0.1, 0.15) is 39.9 Å². The summed E-state index contributed by atoms with van der Waals surface area (Å²) in [6.45, 7) is 6.88. The molecule has 0 heterocycles. The Kier molecular flexibility index (Phi) is 17.5. The molecule has 0 bridgehead atoms. The summed E-state index contributed by atoms with van der Waals surface area (Å²) in [7, 11) is 7.30. The molecule has 15 heteroatoms. The summed E-state index contributed by atoms with van der Waals surface area (Å²) >= 11 is 0. The minimum atomic E-state index is -0.697. The first-order valence-electron chi connectivity index (χ1n) is 22.1. The van der Waals surface area contributed by atoms with Gasteiger partial charge in [0.2, 0.25) is 0 Å². The molecule has 69 heavy (non-hydrogen) atoms. The van der Waals surface area contributed by atoms with Crippen molar-refractivity contribution in [3.05, 3.63) is 137 Å². The zero-order valence-corrected chi connectivity index (χ0v) is 39.8. The zero-order valence-electron chi connectivity index (χ0n) is 39.8. The van der Waals surface area contributed by atoms with Crippen LogP contribution in [0.5, 0.6) is 63.2 Å². The number of aryl methyl sites for hydroxylation is 1. The second-order valence-electron chi connectivity index (χ2n) is 15.3. The molecule has 0 N–H and O–H groups in total. The van der Waals surface area contributed by atoms with Crippen molar-refractivity contribution in [3.8, 4) is 74.4 Å². The summed E-state index contributed by atoms with van der Waals surface area (Å²) in [5.74, 6) is 0.627. The van der Waals surface area contributed by atoms with E-state index >= 15 is 0 Å². The van der Waals surface area contributed by atoms with E-state index in [9.17, 15) is 19.2 Å². The SMILES string of the molecule is CCCCOc1cc(OC)c(C(=O)Oc2ccc(C(=O)Oc3ccc(-c4ccc(OC(=O)c5ccc(OC(=O)c6cc(OC)c(OCCCC)cc6OC)cc5)c(OC)c4)cc3C)cc2)cc1OC. The molecule has 0 aromatic heterocycles. The van der Waals surface area contributed by atoms with Crippen molar-refractivity contribution < 1.29 is 71.3 Å². The van der Waals surface area contributed by atoms with E-state index in [4.69, 9.17) is 52.1 Å². The van der Waals surface area contributed by atoms with Crippen LogP contribution in [0, 0.1) is 6.92 Å². The van der Waals surface area contributed by atoms with Crippen molar-refractivity contribution in [2.75, 3.05) is 48.8 Å². The third-order valence-electron chi connectivity index (χ3n) is 10.6. The monoisotopic (exact) mass is 942 g/mol. The Morgan fingerprint density at radius 3 is 1.17 bits per heavy atom. The number of carbonyl (C=O) groups is 4. The summed E-state index contributed by atoms with van der Waals surface area (Å²) in [6.07, 6.45) is 3.62. The molecule has 6 aromatic carbocycles. The fourth-order valence-electron chi connectivity index (χ4n) is 6.77. The first kappa shape index (κ1) is 50.2. The number of carbonyl (C=O) groups excluding carboxylic acids is 4. The minimum Gasteiger partial charge on any atom is -0.496 e. The van der Waals surface area contributed by atoms with Crippen molar-refractivity contribution in [2.45, 2.75) is 46.5 Å². The summed E-state index contributed by atoms with van der Waals surface area (Å²) in [5.41, 5.74) is 2.88. The standard InChI is InChI=1S/C54H54O15/c1-9-11-25-64-49-31-44(59-4)40(29-47(49)62-7)53(57)66-38-19-13-34(14-20-38)51(55)68-42-23-17-36(27-33(42)3)37-18-24-43(46(28-37)61-6)69-52(56)35-15-21-39(22-16-35)67-54(58)41-30-48(63-8)50(32-45(41)60-5)65-26-12-10-2/h13-24,27-32H,9-12,25-26H2,1-8H3. The van der Waals surface area contributed by atoms with Crippen LogP contribution in [0.4, 0.5) is 0 Å². The van der Waals surface area contributed by atoms with Gasteiger partial charge in [-0.2, -0.15) is 0 Å². The van der Waals surface area contributed by atoms with E-state index in [0.29, 0.717) is 53.3 Å². The number of methoxy groups -OCH3 is 5. The number of hydrogen-bond donors (Lipinski definition) is 0. The molecule has 360 valence electrons. The molecule has 0 amide bonds. The number of hydrogen-bond acceptors (Lipinski definition) is 15. The molecule has 0 aliphatic rings. The van der Waals surface area contributed by atoms with Crippen LogP contribution >= 0.6 is 0 Å². The predicted molar refractivity (Wildman–Crippen MR) is 256 cm³/mol. The number of rotatable bonds is 22. The molecule has 0 fully saturated rings. The predicted octanol–water partition coefficient (Wildman–Crippen LogP) is 10.9. The fourth-order valence-corrected chi connectivity index (χ4v) is 6.77. The first-order chi connectivity index (χ1) is 33.4. The van der Waals surface area contributed by atoms with Crippen LogP contribution in [0.1, 0.15) is 86.5 Å². The number of benzene rings is 6. The second-order valence-corrected chi connectivity index (χ2v) is 15.3. The Balaban J connectivity index is 1.05. The first-order valence-corrected chi connectivity index (χ1v) is 22.1. The maximum Gasteiger partial charge on any atom is 0.347 e. The topological polar surface area (TPSA) is 170 Å². The summed E-state index contributed by atoms with van der Waals surface area (Å²) < 4.78 is 61.6. The molecule has 0 aliphatic heterocycles. The molecule has 0 unspecified atom stereocenters. The lowest BCUT2D eigenvalue weighted by Crippen LogP contribution is -2.12. The van der Waals surface area contributed by atoms with Gasteiger partial charge in [-0.05, 0) is 109 Å². The number of ether oxygens (including phenoxy) is 11. The molecular formula is C54H54O15. The molecule has 6 aromatic rings. The van der Waals surface area contributed by atoms with Gasteiger partial charge < -0.3 is 52.1 Å². The third-order valence-corrected chi connectivity index (χ3v) is 10.6. The molecule has 0 aliphatic carbocycles. The van der Waals surface area contributed by atoms with Gasteiger partial charge in [0, 0.05) is 24.3 Å². The minimum absolute atomic E-state index is 0.129. The Hall–Kier alpha value is -8.20. The lowest BCUT2D eigenvalue weighted by Gasteiger charge is -2.15. The summed E-state index contributed by atoms with van der Waals surface area (Å²) in [6, 6.07) is 28.4. The zero-order chi connectivity index (χ0) is 49.5. The van der Waals surface area contributed by atoms with E-state index < -0.39 is 23.9 Å². The van der Waals surface area contributed by atoms with E-state index in [2.05, 4.69) is 13.8 Å². The van der Waals surface area contributed by atoms with Gasteiger partial charge >= 0.3 is 23.9 Å². The van der Waals surface area contributed by atoms with Crippen molar-refractivity contribution in [1.29, 1.82) is 0 Å². The molecule has 15 nitrogen and oxygen atoms in total. The molecular weight excluding hydrogens is 889 g/mol. The summed E-state index contributed by atoms with van der Waals surface area (Å²) in [5, 5.41) is 0. The van der Waals surface area contributed by atoms with Gasteiger partial charge in [0.05, 0.1) is 59.9 Å². The van der Waals surface area contributed by atoms with Gasteiger partial charge in [-0.3, -0.25) is 0 Å². The molecule has 0 atom stereocenters. The van der Waals surface area contributed by atoms with E-state index in [1.165, 1.54) is 96.2 Å². The molecule has 0 saturated heterocycles. The molecule has 0 saturated carbocycles. The van der Waals surface area contributed by atoms with Crippen LogP contribution in [0.3, 0.4) is 0 Å². The largest absolute Gasteiger partial charge is 0.496 e. The fraction of sp³-hybridized carbons (Fsp3) is 0.259. The lowest BCUT2D eigenvalue weighted by molar-refractivity contribution is 0.0716. The highest BCUT2D eigenvalue weighted by Gasteiger charge is 2.23. The quantitative estimate of drug-likeness (QED) is 0.0357. The molecule has 0 radical (unpaired) electrons. The maximum absolute atomic E-state index is 13.2. The average Bonchev–Trinajstić information content (AvgIpc) is 3.37. The number of esters is 4. The van der Waals surface area contributed by atoms with Crippen molar-refractivity contribution in [3.63, 3.8) is 0 Å². The highest BCUT2D eigenvalue weighted by Crippen LogP contribution is 2.38. The van der Waals surface area contributed by atoms with Crippen molar-refractivity contribution in [1.82, 2.24) is 0 Å². The van der Waals surface area contributed by atoms with E-state index in [1.54, 1.807) is 49.4 Å². The van der Waals surface area contributed by atoms with Crippen LogP contribution in [0.2, 0.25) is 0 Å². The Labute approximate surface area is 400 Å². The maximum atomic E-state index is 13.2. The van der Waals surface area contributed by atoms with E-state index in [1.807, 2.05) is 6.07 Å². The normalized spacial score (nSPS) is 10.6. The van der Waals surface area contributed by atoms with Gasteiger partial charge in [0.25, 0.3) is 0 Å². The van der Waals surface area contributed by atoms with Crippen LogP contribution < -0.4 is 52.1 Å². The van der Waals surface area contributed by atoms with E-state index in [0.717, 1.165) is 36.8 Å². The van der Waals surface area contributed by atoms with Crippen LogP contribution in [0.25, 0.3) is 11.1 Å². The Morgan fingerprint density at radius 2 is 0.768 bits per heavy atom. The molecule has 0 spiro atoms. The Bertz CT molecular complexity index is 2760. The van der Waals surface area contributed by atoms with Gasteiger partial charge in [0.15, 0.2) is 34.5 Å². The van der Waals surface area contributed by atoms with Crippen LogP contribution in [0.15, 0.2) is 109 Å². The van der Waals surface area contributed by atoms with Gasteiger partial charge in [-0.15, -0.1) is 0 Å². The summed E-state index contributed by atoms with van der Waals surface area (Å²) in [4.78, 5) is 52.8. The second kappa shape index (κ2) is 24.0. The number of unbranched alkanes of at least 4 members (excludes halogenated alkanes) is 2. The van der Waals surface area contributed by atoms with Gasteiger partial charge in [-0.1, -0.05) is 38.8 Å².